The molecule has 1 heterocycles. The Morgan fingerprint density at radius 2 is 2.00 bits per heavy atom. The number of aromatic nitrogens is 1. The Morgan fingerprint density at radius 3 is 2.58 bits per heavy atom. The average Bonchev–Trinajstić information content (AvgIpc) is 2.43. The van der Waals surface area contributed by atoms with E-state index < -0.39 is 0 Å². The smallest absolute Gasteiger partial charge is 0.145 e. The molecule has 2 rings (SSSR count). The number of nitrogens with zero attached hydrogens (tertiary/aromatic N) is 1. The summed E-state index contributed by atoms with van der Waals surface area (Å²) in [4.78, 5) is 4.31. The van der Waals surface area contributed by atoms with E-state index in [1.54, 1.807) is 18.3 Å². The van der Waals surface area contributed by atoms with Crippen molar-refractivity contribution in [3.05, 3.63) is 52.5 Å². The fourth-order valence-corrected chi connectivity index (χ4v) is 1.89. The van der Waals surface area contributed by atoms with Gasteiger partial charge in [-0.25, -0.2) is 4.39 Å². The van der Waals surface area contributed by atoms with Gasteiger partial charge in [-0.2, -0.15) is 0 Å². The second kappa shape index (κ2) is 6.12. The van der Waals surface area contributed by atoms with E-state index in [1.807, 2.05) is 26.1 Å². The second-order valence-corrected chi connectivity index (χ2v) is 4.96. The van der Waals surface area contributed by atoms with Crippen molar-refractivity contribution >= 4 is 15.9 Å². The van der Waals surface area contributed by atoms with Crippen molar-refractivity contribution in [2.45, 2.75) is 13.0 Å². The van der Waals surface area contributed by atoms with E-state index in [4.69, 9.17) is 4.74 Å². The third-order valence-electron chi connectivity index (χ3n) is 2.76. The fraction of sp³-hybridized carbons (Fsp3) is 0.214. The number of pyridine rings is 1. The van der Waals surface area contributed by atoms with Gasteiger partial charge in [0.15, 0.2) is 0 Å². The molecule has 19 heavy (non-hydrogen) atoms. The van der Waals surface area contributed by atoms with Crippen LogP contribution in [-0.4, -0.2) is 12.0 Å². The first-order valence-electron chi connectivity index (χ1n) is 5.86. The maximum atomic E-state index is 13.1. The van der Waals surface area contributed by atoms with Crippen molar-refractivity contribution in [3.63, 3.8) is 0 Å². The number of ether oxygens (including phenoxy) is 1. The first-order chi connectivity index (χ1) is 9.10. The molecule has 0 saturated carbocycles. The van der Waals surface area contributed by atoms with Crippen molar-refractivity contribution in [3.8, 4) is 11.5 Å². The minimum absolute atomic E-state index is 0.189. The summed E-state index contributed by atoms with van der Waals surface area (Å²) < 4.78 is 19.1. The number of hydrogen-bond donors (Lipinski definition) is 1. The van der Waals surface area contributed by atoms with Gasteiger partial charge < -0.3 is 10.1 Å². The molecule has 0 spiro atoms. The summed E-state index contributed by atoms with van der Waals surface area (Å²) in [5.41, 5.74) is 0.940. The van der Waals surface area contributed by atoms with Crippen LogP contribution in [0.1, 0.15) is 18.7 Å². The molecule has 5 heteroatoms. The Balaban J connectivity index is 2.12. The lowest BCUT2D eigenvalue weighted by atomic mass is 10.2. The van der Waals surface area contributed by atoms with Gasteiger partial charge in [0.05, 0.1) is 16.4 Å². The molecule has 3 nitrogen and oxygen atoms in total. The minimum Gasteiger partial charge on any atom is -0.456 e. The molecule has 1 aromatic heterocycles. The minimum atomic E-state index is -0.316. The van der Waals surface area contributed by atoms with Crippen LogP contribution in [0.25, 0.3) is 0 Å². The number of rotatable bonds is 4. The molecule has 0 aliphatic carbocycles. The van der Waals surface area contributed by atoms with Gasteiger partial charge in [-0.1, -0.05) is 0 Å². The highest BCUT2D eigenvalue weighted by molar-refractivity contribution is 9.10. The Morgan fingerprint density at radius 1 is 1.26 bits per heavy atom. The molecule has 0 bridgehead atoms. The molecule has 1 N–H and O–H groups in total. The molecule has 0 amide bonds. The zero-order valence-corrected chi connectivity index (χ0v) is 12.2. The van der Waals surface area contributed by atoms with Crippen LogP contribution in [0.3, 0.4) is 0 Å². The molecule has 1 aromatic carbocycles. The summed E-state index contributed by atoms with van der Waals surface area (Å²) in [6.45, 7) is 2.03. The van der Waals surface area contributed by atoms with Gasteiger partial charge in [-0.3, -0.25) is 4.98 Å². The predicted molar refractivity (Wildman–Crippen MR) is 75.9 cm³/mol. The molecule has 0 radical (unpaired) electrons. The zero-order chi connectivity index (χ0) is 13.8. The monoisotopic (exact) mass is 324 g/mol. The summed E-state index contributed by atoms with van der Waals surface area (Å²) >= 11 is 3.12. The predicted octanol–water partition coefficient (Wildman–Crippen LogP) is 4.06. The Labute approximate surface area is 119 Å². The summed E-state index contributed by atoms with van der Waals surface area (Å²) in [6.07, 6.45) is 1.65. The highest BCUT2D eigenvalue weighted by atomic mass is 79.9. The summed E-state index contributed by atoms with van der Waals surface area (Å²) in [6, 6.07) is 8.44. The maximum Gasteiger partial charge on any atom is 0.145 e. The van der Waals surface area contributed by atoms with Gasteiger partial charge in [0.2, 0.25) is 0 Å². The SMILES string of the molecule is CNC(C)c1ccc(Oc2ccc(F)c(Br)c2)cn1. The van der Waals surface area contributed by atoms with Crippen molar-refractivity contribution in [1.82, 2.24) is 10.3 Å². The Bertz CT molecular complexity index is 560. The summed E-state index contributed by atoms with van der Waals surface area (Å²) in [7, 11) is 1.88. The van der Waals surface area contributed by atoms with E-state index in [1.165, 1.54) is 6.07 Å². The fourth-order valence-electron chi connectivity index (χ4n) is 1.53. The zero-order valence-electron chi connectivity index (χ0n) is 10.7. The summed E-state index contributed by atoms with van der Waals surface area (Å²) in [5, 5.41) is 3.11. The maximum absolute atomic E-state index is 13.1. The van der Waals surface area contributed by atoms with Crippen LogP contribution in [-0.2, 0) is 0 Å². The first-order valence-corrected chi connectivity index (χ1v) is 6.65. The molecule has 0 fully saturated rings. The second-order valence-electron chi connectivity index (χ2n) is 4.11. The lowest BCUT2D eigenvalue weighted by molar-refractivity contribution is 0.476. The van der Waals surface area contributed by atoms with Gasteiger partial charge in [0, 0.05) is 6.04 Å². The van der Waals surface area contributed by atoms with Crippen molar-refractivity contribution in [2.24, 2.45) is 0 Å². The van der Waals surface area contributed by atoms with Gasteiger partial charge >= 0.3 is 0 Å². The molecule has 0 aliphatic rings. The number of halogens is 2. The molecular formula is C14H14BrFN2O. The van der Waals surface area contributed by atoms with Crippen molar-refractivity contribution in [1.29, 1.82) is 0 Å². The molecule has 0 aliphatic heterocycles. The van der Waals surface area contributed by atoms with Gasteiger partial charge in [0.1, 0.15) is 17.3 Å². The Kier molecular flexibility index (Phi) is 4.50. The molecular weight excluding hydrogens is 311 g/mol. The van der Waals surface area contributed by atoms with E-state index in [-0.39, 0.29) is 11.9 Å². The molecule has 2 aromatic rings. The van der Waals surface area contributed by atoms with E-state index in [0.29, 0.717) is 16.0 Å². The van der Waals surface area contributed by atoms with Crippen molar-refractivity contribution in [2.75, 3.05) is 7.05 Å². The number of nitrogens with one attached hydrogen (secondary N) is 1. The number of benzene rings is 1. The van der Waals surface area contributed by atoms with E-state index >= 15 is 0 Å². The highest BCUT2D eigenvalue weighted by Gasteiger charge is 2.06. The van der Waals surface area contributed by atoms with Crippen LogP contribution in [0.15, 0.2) is 41.0 Å². The standard InChI is InChI=1S/C14H14BrFN2O/c1-9(17-2)14-6-4-11(8-18-14)19-10-3-5-13(16)12(15)7-10/h3-9,17H,1-2H3. The third-order valence-corrected chi connectivity index (χ3v) is 3.37. The van der Waals surface area contributed by atoms with Crippen LogP contribution in [0, 0.1) is 5.82 Å². The van der Waals surface area contributed by atoms with Crippen molar-refractivity contribution < 1.29 is 9.13 Å². The first kappa shape index (κ1) is 14.0. The van der Waals surface area contributed by atoms with Crippen LogP contribution < -0.4 is 10.1 Å². The van der Waals surface area contributed by atoms with Crippen LogP contribution in [0.4, 0.5) is 4.39 Å². The topological polar surface area (TPSA) is 34.1 Å². The van der Waals surface area contributed by atoms with E-state index in [2.05, 4.69) is 26.2 Å². The van der Waals surface area contributed by atoms with Crippen LogP contribution in [0.2, 0.25) is 0 Å². The van der Waals surface area contributed by atoms with E-state index in [9.17, 15) is 4.39 Å². The van der Waals surface area contributed by atoms with Crippen LogP contribution in [0.5, 0.6) is 11.5 Å². The highest BCUT2D eigenvalue weighted by Crippen LogP contribution is 2.26. The normalized spacial score (nSPS) is 12.2. The Hall–Kier alpha value is -1.46. The van der Waals surface area contributed by atoms with Gasteiger partial charge in [-0.15, -0.1) is 0 Å². The van der Waals surface area contributed by atoms with Gasteiger partial charge in [-0.05, 0) is 60.2 Å². The lowest BCUT2D eigenvalue weighted by Gasteiger charge is -2.10. The largest absolute Gasteiger partial charge is 0.456 e. The average molecular weight is 325 g/mol. The molecule has 1 unspecified atom stereocenters. The quantitative estimate of drug-likeness (QED) is 0.921. The summed E-state index contributed by atoms with van der Waals surface area (Å²) in [5.74, 6) is 0.860. The molecule has 100 valence electrons. The lowest BCUT2D eigenvalue weighted by Crippen LogP contribution is -2.13. The number of hydrogen-bond acceptors (Lipinski definition) is 3. The van der Waals surface area contributed by atoms with Gasteiger partial charge in [0.25, 0.3) is 0 Å². The third kappa shape index (κ3) is 3.52. The van der Waals surface area contributed by atoms with Crippen LogP contribution >= 0.6 is 15.9 Å². The molecule has 0 saturated heterocycles. The molecule has 1 atom stereocenters. The van der Waals surface area contributed by atoms with E-state index in [0.717, 1.165) is 5.69 Å².